The van der Waals surface area contributed by atoms with Crippen LogP contribution in [0.25, 0.3) is 0 Å². The average Bonchev–Trinajstić information content (AvgIpc) is 3.03. The molecule has 0 amide bonds. The summed E-state index contributed by atoms with van der Waals surface area (Å²) in [4.78, 5) is 6.26. The highest BCUT2D eigenvalue weighted by Crippen LogP contribution is 2.27. The van der Waals surface area contributed by atoms with Gasteiger partial charge in [-0.05, 0) is 29.6 Å². The molecule has 1 aliphatic heterocycles. The Morgan fingerprint density at radius 1 is 1.14 bits per heavy atom. The SMILES string of the molecule is NC[C@@H](c1cccs1)N1CCN(c2cccc(Cl)c2)CC1. The molecule has 0 bridgehead atoms. The fraction of sp³-hybridized carbons (Fsp3) is 0.375. The summed E-state index contributed by atoms with van der Waals surface area (Å²) >= 11 is 7.88. The van der Waals surface area contributed by atoms with Gasteiger partial charge in [-0.3, -0.25) is 4.90 Å². The van der Waals surface area contributed by atoms with Crippen molar-refractivity contribution in [3.8, 4) is 0 Å². The third-order valence-electron chi connectivity index (χ3n) is 4.02. The predicted molar refractivity (Wildman–Crippen MR) is 91.4 cm³/mol. The summed E-state index contributed by atoms with van der Waals surface area (Å²) in [5.74, 6) is 0. The number of nitrogens with zero attached hydrogens (tertiary/aromatic N) is 2. The minimum absolute atomic E-state index is 0.353. The monoisotopic (exact) mass is 321 g/mol. The van der Waals surface area contributed by atoms with Gasteiger partial charge in [-0.25, -0.2) is 0 Å². The standard InChI is InChI=1S/C16H20ClN3S/c17-13-3-1-4-14(11-13)19-6-8-20(9-7-19)15(12-18)16-5-2-10-21-16/h1-5,10-11,15H,6-9,12,18H2/t15-/m0/s1. The number of rotatable bonds is 4. The van der Waals surface area contributed by atoms with E-state index in [1.165, 1.54) is 10.6 Å². The molecule has 2 heterocycles. The Labute approximate surface area is 134 Å². The first-order valence-electron chi connectivity index (χ1n) is 7.26. The third kappa shape index (κ3) is 3.40. The first-order chi connectivity index (χ1) is 10.3. The van der Waals surface area contributed by atoms with Crippen molar-refractivity contribution in [1.29, 1.82) is 0 Å². The number of benzene rings is 1. The molecule has 0 spiro atoms. The second-order valence-corrected chi connectivity index (χ2v) is 6.69. The van der Waals surface area contributed by atoms with Gasteiger partial charge in [0.15, 0.2) is 0 Å². The van der Waals surface area contributed by atoms with E-state index in [-0.39, 0.29) is 0 Å². The number of halogens is 1. The van der Waals surface area contributed by atoms with Gasteiger partial charge in [-0.1, -0.05) is 23.7 Å². The van der Waals surface area contributed by atoms with Crippen LogP contribution >= 0.6 is 22.9 Å². The Balaban J connectivity index is 1.64. The van der Waals surface area contributed by atoms with Gasteiger partial charge >= 0.3 is 0 Å². The van der Waals surface area contributed by atoms with Crippen LogP contribution in [-0.2, 0) is 0 Å². The van der Waals surface area contributed by atoms with Crippen molar-refractivity contribution in [2.24, 2.45) is 5.73 Å². The number of hydrogen-bond donors (Lipinski definition) is 1. The van der Waals surface area contributed by atoms with E-state index in [1.54, 1.807) is 11.3 Å². The Hall–Kier alpha value is -1.07. The van der Waals surface area contributed by atoms with Gasteiger partial charge < -0.3 is 10.6 Å². The van der Waals surface area contributed by atoms with E-state index < -0.39 is 0 Å². The number of piperazine rings is 1. The van der Waals surface area contributed by atoms with Gasteiger partial charge in [0.1, 0.15) is 0 Å². The van der Waals surface area contributed by atoms with E-state index in [1.807, 2.05) is 18.2 Å². The molecule has 0 aliphatic carbocycles. The number of anilines is 1. The third-order valence-corrected chi connectivity index (χ3v) is 5.23. The maximum atomic E-state index is 6.08. The Kier molecular flexibility index (Phi) is 4.80. The number of hydrogen-bond acceptors (Lipinski definition) is 4. The van der Waals surface area contributed by atoms with Crippen molar-refractivity contribution in [3.05, 3.63) is 51.7 Å². The highest BCUT2D eigenvalue weighted by molar-refractivity contribution is 7.10. The lowest BCUT2D eigenvalue weighted by molar-refractivity contribution is 0.193. The second-order valence-electron chi connectivity index (χ2n) is 5.27. The van der Waals surface area contributed by atoms with Crippen molar-refractivity contribution in [2.75, 3.05) is 37.6 Å². The maximum absolute atomic E-state index is 6.08. The quantitative estimate of drug-likeness (QED) is 0.938. The summed E-state index contributed by atoms with van der Waals surface area (Å²) < 4.78 is 0. The molecule has 1 atom stereocenters. The fourth-order valence-electron chi connectivity index (χ4n) is 2.89. The van der Waals surface area contributed by atoms with Crippen molar-refractivity contribution < 1.29 is 0 Å². The maximum Gasteiger partial charge on any atom is 0.0565 e. The Morgan fingerprint density at radius 3 is 2.57 bits per heavy atom. The van der Waals surface area contributed by atoms with Crippen molar-refractivity contribution in [2.45, 2.75) is 6.04 Å². The van der Waals surface area contributed by atoms with Gasteiger partial charge in [0, 0.05) is 48.3 Å². The largest absolute Gasteiger partial charge is 0.369 e. The zero-order valence-electron chi connectivity index (χ0n) is 11.9. The van der Waals surface area contributed by atoms with Gasteiger partial charge in [0.2, 0.25) is 0 Å². The van der Waals surface area contributed by atoms with Crippen LogP contribution < -0.4 is 10.6 Å². The Bertz CT molecular complexity index is 565. The molecule has 3 nitrogen and oxygen atoms in total. The van der Waals surface area contributed by atoms with Crippen LogP contribution in [0.15, 0.2) is 41.8 Å². The molecule has 21 heavy (non-hydrogen) atoms. The summed E-state index contributed by atoms with van der Waals surface area (Å²) in [5, 5.41) is 2.92. The van der Waals surface area contributed by atoms with Crippen LogP contribution in [0.2, 0.25) is 5.02 Å². The molecule has 3 rings (SSSR count). The van der Waals surface area contributed by atoms with Gasteiger partial charge in [-0.15, -0.1) is 11.3 Å². The van der Waals surface area contributed by atoms with Crippen molar-refractivity contribution in [1.82, 2.24) is 4.90 Å². The highest BCUT2D eigenvalue weighted by atomic mass is 35.5. The molecule has 2 aromatic rings. The summed E-state index contributed by atoms with van der Waals surface area (Å²) in [7, 11) is 0. The van der Waals surface area contributed by atoms with E-state index in [9.17, 15) is 0 Å². The lowest BCUT2D eigenvalue weighted by atomic mass is 10.1. The minimum Gasteiger partial charge on any atom is -0.369 e. The van der Waals surface area contributed by atoms with Crippen LogP contribution in [0.3, 0.4) is 0 Å². The lowest BCUT2D eigenvalue weighted by Crippen LogP contribution is -2.49. The lowest BCUT2D eigenvalue weighted by Gasteiger charge is -2.39. The molecule has 0 radical (unpaired) electrons. The average molecular weight is 322 g/mol. The number of nitrogens with two attached hydrogens (primary N) is 1. The molecule has 1 aliphatic rings. The molecular formula is C16H20ClN3S. The molecule has 5 heteroatoms. The zero-order chi connectivity index (χ0) is 14.7. The molecular weight excluding hydrogens is 302 g/mol. The molecule has 1 fully saturated rings. The van der Waals surface area contributed by atoms with Crippen LogP contribution in [-0.4, -0.2) is 37.6 Å². The summed E-state index contributed by atoms with van der Waals surface area (Å²) in [5.41, 5.74) is 7.21. The van der Waals surface area contributed by atoms with E-state index in [0.717, 1.165) is 31.2 Å². The first kappa shape index (κ1) is 14.9. The molecule has 0 unspecified atom stereocenters. The zero-order valence-corrected chi connectivity index (χ0v) is 13.5. The molecule has 0 saturated carbocycles. The molecule has 2 N–H and O–H groups in total. The normalized spacial score (nSPS) is 17.9. The van der Waals surface area contributed by atoms with Crippen LogP contribution in [0, 0.1) is 0 Å². The van der Waals surface area contributed by atoms with Crippen LogP contribution in [0.4, 0.5) is 5.69 Å². The molecule has 112 valence electrons. The smallest absolute Gasteiger partial charge is 0.0565 e. The summed E-state index contributed by atoms with van der Waals surface area (Å²) in [6.07, 6.45) is 0. The van der Waals surface area contributed by atoms with Crippen molar-refractivity contribution >= 4 is 28.6 Å². The minimum atomic E-state index is 0.353. The molecule has 1 aromatic heterocycles. The highest BCUT2D eigenvalue weighted by Gasteiger charge is 2.24. The van der Waals surface area contributed by atoms with Gasteiger partial charge in [0.05, 0.1) is 6.04 Å². The van der Waals surface area contributed by atoms with Gasteiger partial charge in [-0.2, -0.15) is 0 Å². The van der Waals surface area contributed by atoms with E-state index in [4.69, 9.17) is 17.3 Å². The van der Waals surface area contributed by atoms with Crippen LogP contribution in [0.1, 0.15) is 10.9 Å². The summed E-state index contributed by atoms with van der Waals surface area (Å²) in [6, 6.07) is 12.7. The van der Waals surface area contributed by atoms with E-state index in [0.29, 0.717) is 12.6 Å². The predicted octanol–water partition coefficient (Wildman–Crippen LogP) is 3.22. The Morgan fingerprint density at radius 2 is 1.95 bits per heavy atom. The van der Waals surface area contributed by atoms with Crippen molar-refractivity contribution in [3.63, 3.8) is 0 Å². The molecule has 1 saturated heterocycles. The second kappa shape index (κ2) is 6.79. The first-order valence-corrected chi connectivity index (χ1v) is 8.52. The topological polar surface area (TPSA) is 32.5 Å². The van der Waals surface area contributed by atoms with E-state index >= 15 is 0 Å². The summed E-state index contributed by atoms with van der Waals surface area (Å²) in [6.45, 7) is 4.78. The van der Waals surface area contributed by atoms with Crippen LogP contribution in [0.5, 0.6) is 0 Å². The molecule has 1 aromatic carbocycles. The van der Waals surface area contributed by atoms with E-state index in [2.05, 4.69) is 33.4 Å². The fourth-order valence-corrected chi connectivity index (χ4v) is 3.95. The number of thiophene rings is 1. The van der Waals surface area contributed by atoms with Gasteiger partial charge in [0.25, 0.3) is 0 Å².